The number of benzene rings is 3. The summed E-state index contributed by atoms with van der Waals surface area (Å²) in [7, 11) is 0. The number of nitrogens with zero attached hydrogens (tertiary/aromatic N) is 1. The van der Waals surface area contributed by atoms with Crippen molar-refractivity contribution < 1.29 is 14.3 Å². The van der Waals surface area contributed by atoms with E-state index in [1.165, 1.54) is 0 Å². The van der Waals surface area contributed by atoms with Crippen LogP contribution in [0.15, 0.2) is 66.2 Å². The lowest BCUT2D eigenvalue weighted by atomic mass is 9.93. The molecule has 0 spiro atoms. The monoisotopic (exact) mass is 584 g/mol. The molecule has 1 N–H and O–H groups in total. The van der Waals surface area contributed by atoms with E-state index >= 15 is 0 Å². The fourth-order valence-electron chi connectivity index (χ4n) is 4.82. The Kier molecular flexibility index (Phi) is 9.03. The Morgan fingerprint density at radius 1 is 0.949 bits per heavy atom. The number of nitrogens with one attached hydrogen (secondary N) is 1. The van der Waals surface area contributed by atoms with E-state index in [1.807, 2.05) is 72.5 Å². The second-order valence-corrected chi connectivity index (χ2v) is 11.1. The van der Waals surface area contributed by atoms with E-state index in [9.17, 15) is 4.79 Å². The van der Waals surface area contributed by atoms with E-state index in [2.05, 4.69) is 5.32 Å². The molecule has 0 aromatic heterocycles. The van der Waals surface area contributed by atoms with Gasteiger partial charge in [0.2, 0.25) is 0 Å². The molecule has 1 aliphatic carbocycles. The molecule has 1 aliphatic heterocycles. The van der Waals surface area contributed by atoms with Gasteiger partial charge in [0.05, 0.1) is 10.0 Å². The van der Waals surface area contributed by atoms with Gasteiger partial charge in [-0.15, -0.1) is 0 Å². The van der Waals surface area contributed by atoms with Gasteiger partial charge in [0.15, 0.2) is 5.75 Å². The zero-order chi connectivity index (χ0) is 27.4. The fraction of sp³-hybridized carbons (Fsp3) is 0.323. The van der Waals surface area contributed by atoms with Gasteiger partial charge in [0.25, 0.3) is 5.91 Å². The van der Waals surface area contributed by atoms with Crippen molar-refractivity contribution in [1.29, 1.82) is 0 Å². The maximum Gasteiger partial charge on any atom is 0.251 e. The van der Waals surface area contributed by atoms with Gasteiger partial charge in [-0.2, -0.15) is 0 Å². The van der Waals surface area contributed by atoms with Gasteiger partial charge in [0.1, 0.15) is 19.0 Å². The van der Waals surface area contributed by atoms with Crippen LogP contribution < -0.4 is 14.8 Å². The molecule has 1 saturated carbocycles. The first-order valence-corrected chi connectivity index (χ1v) is 14.3. The van der Waals surface area contributed by atoms with Crippen LogP contribution in [-0.2, 0) is 11.3 Å². The summed E-state index contributed by atoms with van der Waals surface area (Å²) >= 11 is 18.9. The first kappa shape index (κ1) is 27.9. The topological polar surface area (TPSA) is 50.8 Å². The maximum atomic E-state index is 13.8. The minimum Gasteiger partial charge on any atom is -0.490 e. The van der Waals surface area contributed by atoms with Crippen molar-refractivity contribution in [3.8, 4) is 11.5 Å². The van der Waals surface area contributed by atoms with Gasteiger partial charge in [-0.25, -0.2) is 0 Å². The minimum absolute atomic E-state index is 0.0884. The molecule has 0 bridgehead atoms. The number of ether oxygens (including phenoxy) is 2. The molecule has 2 aliphatic rings. The molecule has 8 heteroatoms. The number of halogens is 3. The van der Waals surface area contributed by atoms with E-state index in [-0.39, 0.29) is 11.9 Å². The van der Waals surface area contributed by atoms with Crippen molar-refractivity contribution >= 4 is 46.3 Å². The molecular weight excluding hydrogens is 555 g/mol. The maximum absolute atomic E-state index is 13.8. The molecule has 1 fully saturated rings. The Labute approximate surface area is 244 Å². The third kappa shape index (κ3) is 6.90. The third-order valence-corrected chi connectivity index (χ3v) is 7.90. The average Bonchev–Trinajstić information content (AvgIpc) is 3.77. The van der Waals surface area contributed by atoms with Crippen LogP contribution in [0, 0.1) is 6.92 Å². The van der Waals surface area contributed by atoms with E-state index in [4.69, 9.17) is 44.3 Å². The van der Waals surface area contributed by atoms with Gasteiger partial charge in [-0.05, 0) is 85.3 Å². The molecule has 0 saturated heterocycles. The zero-order valence-corrected chi connectivity index (χ0v) is 24.1. The van der Waals surface area contributed by atoms with Gasteiger partial charge in [0, 0.05) is 29.7 Å². The molecule has 3 aromatic carbocycles. The number of amides is 1. The van der Waals surface area contributed by atoms with Crippen LogP contribution in [0.4, 0.5) is 0 Å². The van der Waals surface area contributed by atoms with Crippen molar-refractivity contribution in [2.75, 3.05) is 26.3 Å². The van der Waals surface area contributed by atoms with Crippen LogP contribution in [0.25, 0.3) is 5.57 Å². The molecule has 0 radical (unpaired) electrons. The molecule has 0 atom stereocenters. The number of hydrogen-bond donors (Lipinski definition) is 1. The molecule has 39 heavy (non-hydrogen) atoms. The summed E-state index contributed by atoms with van der Waals surface area (Å²) in [5.41, 5.74) is 4.90. The molecule has 1 heterocycles. The Morgan fingerprint density at radius 3 is 2.33 bits per heavy atom. The van der Waals surface area contributed by atoms with Crippen LogP contribution >= 0.6 is 34.8 Å². The smallest absolute Gasteiger partial charge is 0.251 e. The van der Waals surface area contributed by atoms with Gasteiger partial charge in [-0.3, -0.25) is 4.79 Å². The number of carbonyl (C=O) groups is 1. The lowest BCUT2D eigenvalue weighted by Crippen LogP contribution is -2.39. The number of rotatable bonds is 10. The molecule has 5 rings (SSSR count). The highest BCUT2D eigenvalue weighted by molar-refractivity contribution is 6.37. The SMILES string of the molecule is Cc1cc(Cl)c(OCCOc2ccc(C3=C(C(=O)N(Cc4ccccc4Cl)C4CC4)CNCC3)cc2)c(Cl)c1. The van der Waals surface area contributed by atoms with Crippen LogP contribution in [0.2, 0.25) is 15.1 Å². The predicted molar refractivity (Wildman–Crippen MR) is 158 cm³/mol. The summed E-state index contributed by atoms with van der Waals surface area (Å²) in [5, 5.41) is 5.05. The van der Waals surface area contributed by atoms with E-state index in [1.54, 1.807) is 0 Å². The van der Waals surface area contributed by atoms with Gasteiger partial charge < -0.3 is 19.7 Å². The van der Waals surface area contributed by atoms with Crippen LogP contribution in [0.3, 0.4) is 0 Å². The number of hydrogen-bond acceptors (Lipinski definition) is 4. The average molecular weight is 586 g/mol. The Morgan fingerprint density at radius 2 is 1.64 bits per heavy atom. The van der Waals surface area contributed by atoms with Crippen LogP contribution in [0.5, 0.6) is 11.5 Å². The highest BCUT2D eigenvalue weighted by atomic mass is 35.5. The highest BCUT2D eigenvalue weighted by Gasteiger charge is 2.35. The Hall–Kier alpha value is -2.70. The molecular formula is C31H31Cl3N2O3. The van der Waals surface area contributed by atoms with Crippen LogP contribution in [-0.4, -0.2) is 43.2 Å². The van der Waals surface area contributed by atoms with E-state index in [0.717, 1.165) is 59.4 Å². The first-order chi connectivity index (χ1) is 18.9. The lowest BCUT2D eigenvalue weighted by Gasteiger charge is -2.28. The quantitative estimate of drug-likeness (QED) is 0.253. The molecule has 5 nitrogen and oxygen atoms in total. The largest absolute Gasteiger partial charge is 0.490 e. The number of aryl methyl sites for hydroxylation is 1. The predicted octanol–water partition coefficient (Wildman–Crippen LogP) is 7.35. The molecule has 1 amide bonds. The normalized spacial score (nSPS) is 15.3. The van der Waals surface area contributed by atoms with Crippen molar-refractivity contribution in [1.82, 2.24) is 10.2 Å². The van der Waals surface area contributed by atoms with Crippen molar-refractivity contribution in [2.24, 2.45) is 0 Å². The molecule has 0 unspecified atom stereocenters. The van der Waals surface area contributed by atoms with E-state index < -0.39 is 0 Å². The van der Waals surface area contributed by atoms with E-state index in [0.29, 0.717) is 47.1 Å². The minimum atomic E-state index is 0.0884. The van der Waals surface area contributed by atoms with Crippen molar-refractivity contribution in [2.45, 2.75) is 38.8 Å². The summed E-state index contributed by atoms with van der Waals surface area (Å²) in [4.78, 5) is 15.8. The fourth-order valence-corrected chi connectivity index (χ4v) is 5.72. The van der Waals surface area contributed by atoms with Crippen molar-refractivity contribution in [3.63, 3.8) is 0 Å². The zero-order valence-electron chi connectivity index (χ0n) is 21.8. The van der Waals surface area contributed by atoms with Crippen LogP contribution in [0.1, 0.15) is 36.0 Å². The number of carbonyl (C=O) groups excluding carboxylic acids is 1. The third-order valence-electron chi connectivity index (χ3n) is 6.97. The summed E-state index contributed by atoms with van der Waals surface area (Å²) < 4.78 is 11.6. The van der Waals surface area contributed by atoms with Crippen molar-refractivity contribution in [3.05, 3.63) is 98.0 Å². The summed E-state index contributed by atoms with van der Waals surface area (Å²) in [6.45, 7) is 4.49. The molecule has 3 aromatic rings. The second kappa shape index (κ2) is 12.6. The van der Waals surface area contributed by atoms with Gasteiger partial charge >= 0.3 is 0 Å². The summed E-state index contributed by atoms with van der Waals surface area (Å²) in [6.07, 6.45) is 2.85. The van der Waals surface area contributed by atoms with Gasteiger partial charge in [-0.1, -0.05) is 65.1 Å². The highest BCUT2D eigenvalue weighted by Crippen LogP contribution is 2.35. The molecule has 204 valence electrons. The summed E-state index contributed by atoms with van der Waals surface area (Å²) in [5.74, 6) is 1.28. The summed E-state index contributed by atoms with van der Waals surface area (Å²) in [6, 6.07) is 19.6. The Bertz CT molecular complexity index is 1350. The lowest BCUT2D eigenvalue weighted by molar-refractivity contribution is -0.128. The second-order valence-electron chi connectivity index (χ2n) is 9.92. The first-order valence-electron chi connectivity index (χ1n) is 13.2. The Balaban J connectivity index is 1.25. The standard InChI is InChI=1S/C31H31Cl3N2O3/c1-20-16-28(33)30(29(34)17-20)39-15-14-38-24-10-6-21(7-11-24)25-12-13-35-18-26(25)31(37)36(23-8-9-23)19-22-4-2-3-5-27(22)32/h2-7,10-11,16-17,23,35H,8-9,12-15,18-19H2,1H3.